The normalized spacial score (nSPS) is 12.0. The van der Waals surface area contributed by atoms with Gasteiger partial charge in [-0.25, -0.2) is 16.8 Å². The third-order valence-electron chi connectivity index (χ3n) is 6.35. The van der Waals surface area contributed by atoms with Gasteiger partial charge in [-0.2, -0.15) is 8.61 Å². The first-order valence-electron chi connectivity index (χ1n) is 12.3. The van der Waals surface area contributed by atoms with Crippen molar-refractivity contribution in [2.75, 3.05) is 20.2 Å². The van der Waals surface area contributed by atoms with E-state index >= 15 is 0 Å². The van der Waals surface area contributed by atoms with E-state index in [9.17, 15) is 31.5 Å². The summed E-state index contributed by atoms with van der Waals surface area (Å²) >= 11 is 0. The Bertz CT molecular complexity index is 1390. The molecule has 0 aromatic heterocycles. The summed E-state index contributed by atoms with van der Waals surface area (Å²) in [6.45, 7) is 12.9. The van der Waals surface area contributed by atoms with E-state index in [1.54, 1.807) is 70.2 Å². The van der Waals surface area contributed by atoms with Crippen LogP contribution in [0, 0.1) is 13.8 Å². The van der Waals surface area contributed by atoms with Crippen LogP contribution in [0.2, 0.25) is 0 Å². The third-order valence-corrected chi connectivity index (χ3v) is 11.0. The first-order chi connectivity index (χ1) is 17.8. The molecule has 0 bridgehead atoms. The summed E-state index contributed by atoms with van der Waals surface area (Å²) in [5.41, 5.74) is -1.51. The van der Waals surface area contributed by atoms with Gasteiger partial charge in [0.2, 0.25) is 20.0 Å². The maximum atomic E-state index is 12.8. The fraction of sp³-hybridized carbons (Fsp3) is 0.481. The van der Waals surface area contributed by atoms with E-state index in [0.717, 1.165) is 8.61 Å². The molecule has 0 heterocycles. The van der Waals surface area contributed by atoms with Gasteiger partial charge in [0.05, 0.1) is 16.9 Å². The number of carbonyl (C=O) groups is 2. The van der Waals surface area contributed by atoms with Crippen LogP contribution in [-0.2, 0) is 34.4 Å². The molecule has 0 fully saturated rings. The fourth-order valence-electron chi connectivity index (χ4n) is 4.12. The number of aryl methyl sites for hydroxylation is 2. The molecule has 0 unspecified atom stereocenters. The minimum Gasteiger partial charge on any atom is -0.870 e. The molecule has 0 radical (unpaired) electrons. The van der Waals surface area contributed by atoms with Crippen LogP contribution in [-0.4, -0.2) is 79.2 Å². The molecule has 0 aliphatic rings. The average Bonchev–Trinajstić information content (AvgIpc) is 2.84. The monoisotopic (exact) mass is 608 g/mol. The van der Waals surface area contributed by atoms with Gasteiger partial charge in [-0.05, 0) is 64.8 Å². The quantitative estimate of drug-likeness (QED) is 0.301. The molecule has 0 amide bonds. The summed E-state index contributed by atoms with van der Waals surface area (Å²) in [5, 5.41) is 9.22. The fourth-order valence-corrected chi connectivity index (χ4v) is 8.08. The van der Waals surface area contributed by atoms with E-state index in [2.05, 4.69) is 0 Å². The molecule has 0 spiro atoms. The number of carboxylic acids is 1. The van der Waals surface area contributed by atoms with Crippen LogP contribution >= 0.6 is 0 Å². The van der Waals surface area contributed by atoms with Crippen molar-refractivity contribution >= 4 is 32.0 Å². The Kier molecular flexibility index (Phi) is 15.8. The Morgan fingerprint density at radius 1 is 0.756 bits per heavy atom. The molecule has 2 aromatic carbocycles. The van der Waals surface area contributed by atoms with Crippen molar-refractivity contribution in [1.29, 1.82) is 0 Å². The predicted octanol–water partition coefficient (Wildman–Crippen LogP) is 0.653. The van der Waals surface area contributed by atoms with Gasteiger partial charge >= 0.3 is 30.8 Å². The number of methoxy groups -OCH3 is 1. The van der Waals surface area contributed by atoms with E-state index in [4.69, 9.17) is 4.74 Å². The second kappa shape index (κ2) is 15.8. The van der Waals surface area contributed by atoms with Crippen LogP contribution in [0.25, 0.3) is 0 Å². The number of benzene rings is 2. The molecule has 0 aliphatic heterocycles. The zero-order chi connectivity index (χ0) is 30.4. The Morgan fingerprint density at radius 3 is 1.34 bits per heavy atom. The molecular weight excluding hydrogens is 567 g/mol. The van der Waals surface area contributed by atoms with Gasteiger partial charge < -0.3 is 15.3 Å². The molecule has 14 heteroatoms. The van der Waals surface area contributed by atoms with Crippen molar-refractivity contribution in [2.24, 2.45) is 0 Å². The van der Waals surface area contributed by atoms with Crippen LogP contribution in [0.4, 0.5) is 0 Å². The number of likely N-dealkylation sites (N-methyl/N-ethyl adjacent to an activating group) is 2. The molecule has 2 N–H and O–H groups in total. The van der Waals surface area contributed by atoms with Gasteiger partial charge in [-0.3, -0.25) is 9.59 Å². The van der Waals surface area contributed by atoms with Gasteiger partial charge in [0.1, 0.15) is 11.1 Å². The van der Waals surface area contributed by atoms with Crippen molar-refractivity contribution in [3.8, 4) is 0 Å². The standard InChI is InChI=1S/C14H21NO4S.C13H19NO4S.Li.H2O/c1-6-15(14(3,4)13(16)19-5)20(17,18)12-10-8-7-9-11(12)2;1-5-14(13(3,4)12(15)16)19(17,18)11-9-7-6-8-10(11)2;;/h7-10H,6H2,1-5H3;6-9H,5H2,1-4H3,(H,15,16);;1H2/q;;+1;/p-1. The molecule has 41 heavy (non-hydrogen) atoms. The number of ether oxygens (including phenoxy) is 1. The third kappa shape index (κ3) is 8.87. The Hall–Kier alpha value is -2.24. The number of aliphatic carboxylic acids is 1. The number of rotatable bonds is 10. The van der Waals surface area contributed by atoms with Gasteiger partial charge in [0.25, 0.3) is 0 Å². The van der Waals surface area contributed by atoms with E-state index in [0.29, 0.717) is 11.1 Å². The van der Waals surface area contributed by atoms with Gasteiger partial charge in [0, 0.05) is 13.1 Å². The first-order valence-corrected chi connectivity index (χ1v) is 15.2. The molecule has 0 atom stereocenters. The zero-order valence-electron chi connectivity index (χ0n) is 25.5. The second-order valence-electron chi connectivity index (χ2n) is 9.79. The van der Waals surface area contributed by atoms with Gasteiger partial charge in [0.15, 0.2) is 0 Å². The number of sulfonamides is 2. The molecule has 226 valence electrons. The van der Waals surface area contributed by atoms with Crippen LogP contribution in [0.3, 0.4) is 0 Å². The van der Waals surface area contributed by atoms with Crippen LogP contribution in [0.15, 0.2) is 58.3 Å². The summed E-state index contributed by atoms with van der Waals surface area (Å²) in [6, 6.07) is 13.3. The van der Waals surface area contributed by atoms with Gasteiger partial charge in [-0.15, -0.1) is 0 Å². The maximum Gasteiger partial charge on any atom is 1.00 e. The van der Waals surface area contributed by atoms with Crippen molar-refractivity contribution in [2.45, 2.75) is 76.3 Å². The molecule has 0 aliphatic carbocycles. The van der Waals surface area contributed by atoms with Crippen molar-refractivity contribution < 1.29 is 60.6 Å². The summed E-state index contributed by atoms with van der Waals surface area (Å²) in [6.07, 6.45) is 0. The Balaban J connectivity index is 0. The topological polar surface area (TPSA) is 168 Å². The maximum absolute atomic E-state index is 12.8. The van der Waals surface area contributed by atoms with Gasteiger partial charge in [-0.1, -0.05) is 50.2 Å². The van der Waals surface area contributed by atoms with Crippen molar-refractivity contribution in [3.05, 3.63) is 59.7 Å². The number of hydrogen-bond donors (Lipinski definition) is 1. The van der Waals surface area contributed by atoms with E-state index in [-0.39, 0.29) is 47.2 Å². The second-order valence-corrected chi connectivity index (χ2v) is 13.4. The van der Waals surface area contributed by atoms with Crippen molar-refractivity contribution in [1.82, 2.24) is 8.61 Å². The zero-order valence-corrected chi connectivity index (χ0v) is 27.1. The summed E-state index contributed by atoms with van der Waals surface area (Å²) in [7, 11) is -6.35. The van der Waals surface area contributed by atoms with Crippen LogP contribution in [0.5, 0.6) is 0 Å². The number of hydrogen-bond acceptors (Lipinski definition) is 8. The summed E-state index contributed by atoms with van der Waals surface area (Å²) < 4.78 is 57.6. The SMILES string of the molecule is CCN(C(C)(C)C(=O)O)S(=O)(=O)c1ccccc1C.CCN(C(C)(C)C(=O)OC)S(=O)(=O)c1ccccc1C.[Li+].[OH-]. The van der Waals surface area contributed by atoms with Crippen molar-refractivity contribution in [3.63, 3.8) is 0 Å². The smallest absolute Gasteiger partial charge is 0.870 e. The molecule has 2 rings (SSSR count). The average molecular weight is 609 g/mol. The van der Waals surface area contributed by atoms with E-state index in [1.807, 2.05) is 0 Å². The molecule has 2 aromatic rings. The molecule has 0 saturated carbocycles. The Labute approximate surface area is 256 Å². The molecule has 0 saturated heterocycles. The van der Waals surface area contributed by atoms with E-state index in [1.165, 1.54) is 40.9 Å². The summed E-state index contributed by atoms with van der Waals surface area (Å²) in [5.74, 6) is -1.76. The molecular formula is C27H41LiN2O9S2. The number of nitrogens with zero attached hydrogens (tertiary/aromatic N) is 2. The Morgan fingerprint density at radius 2 is 1.07 bits per heavy atom. The minimum atomic E-state index is -3.83. The molecule has 11 nitrogen and oxygen atoms in total. The minimum absolute atomic E-state index is 0. The van der Waals surface area contributed by atoms with Crippen LogP contribution in [0.1, 0.15) is 52.7 Å². The predicted molar refractivity (Wildman–Crippen MR) is 151 cm³/mol. The number of esters is 1. The first kappa shape index (κ1) is 40.9. The van der Waals surface area contributed by atoms with E-state index < -0.39 is 43.1 Å². The number of carboxylic acid groups (broad SMARTS) is 1. The summed E-state index contributed by atoms with van der Waals surface area (Å²) in [4.78, 5) is 23.5. The largest absolute Gasteiger partial charge is 1.00 e. The number of carbonyl (C=O) groups excluding carboxylic acids is 1. The van der Waals surface area contributed by atoms with Crippen LogP contribution < -0.4 is 18.9 Å².